The third-order valence-electron chi connectivity index (χ3n) is 3.86. The second-order valence-electron chi connectivity index (χ2n) is 5.79. The molecule has 1 amide bonds. The number of anilines is 1. The first-order valence-corrected chi connectivity index (χ1v) is 8.72. The Bertz CT molecular complexity index is 686. The topological polar surface area (TPSA) is 32.3 Å². The second-order valence-corrected chi connectivity index (χ2v) is 6.95. The van der Waals surface area contributed by atoms with Gasteiger partial charge in [-0.15, -0.1) is 0 Å². The molecule has 120 valence electrons. The Morgan fingerprint density at radius 1 is 1.17 bits per heavy atom. The number of halogens is 2. The van der Waals surface area contributed by atoms with E-state index in [0.717, 1.165) is 27.7 Å². The van der Waals surface area contributed by atoms with Crippen LogP contribution in [0.4, 0.5) is 10.1 Å². The van der Waals surface area contributed by atoms with Crippen molar-refractivity contribution in [1.82, 2.24) is 4.90 Å². The molecule has 0 unspecified atom stereocenters. The molecular weight excluding hydrogens is 406 g/mol. The first-order valence-electron chi connectivity index (χ1n) is 7.65. The van der Waals surface area contributed by atoms with Gasteiger partial charge in [-0.1, -0.05) is 24.3 Å². The van der Waals surface area contributed by atoms with Gasteiger partial charge in [0.15, 0.2) is 0 Å². The van der Waals surface area contributed by atoms with E-state index < -0.39 is 0 Å². The van der Waals surface area contributed by atoms with Crippen LogP contribution in [0, 0.1) is 9.39 Å². The van der Waals surface area contributed by atoms with Gasteiger partial charge in [0.05, 0.1) is 12.2 Å². The van der Waals surface area contributed by atoms with Crippen molar-refractivity contribution in [1.29, 1.82) is 0 Å². The molecule has 1 saturated carbocycles. The number of nitrogens with zero attached hydrogens (tertiary/aromatic N) is 1. The lowest BCUT2D eigenvalue weighted by Crippen LogP contribution is -2.34. The number of carbonyl (C=O) groups excluding carboxylic acids is 1. The van der Waals surface area contributed by atoms with Gasteiger partial charge >= 0.3 is 0 Å². The number of benzene rings is 2. The van der Waals surface area contributed by atoms with Gasteiger partial charge in [0, 0.05) is 16.2 Å². The molecule has 3 rings (SSSR count). The van der Waals surface area contributed by atoms with Crippen LogP contribution in [0.2, 0.25) is 0 Å². The highest BCUT2D eigenvalue weighted by atomic mass is 127. The molecule has 0 spiro atoms. The maximum Gasteiger partial charge on any atom is 0.238 e. The normalized spacial score (nSPS) is 14.0. The van der Waals surface area contributed by atoms with Crippen molar-refractivity contribution < 1.29 is 9.18 Å². The van der Waals surface area contributed by atoms with Crippen LogP contribution in [-0.2, 0) is 11.3 Å². The molecule has 0 aliphatic heterocycles. The van der Waals surface area contributed by atoms with Gasteiger partial charge in [0.25, 0.3) is 0 Å². The number of amides is 1. The van der Waals surface area contributed by atoms with Gasteiger partial charge in [-0.2, -0.15) is 0 Å². The molecule has 2 aromatic rings. The SMILES string of the molecule is O=C(CN(Cc1ccc(F)cc1)C1CC1)Nc1ccccc1I. The van der Waals surface area contributed by atoms with E-state index in [1.165, 1.54) is 12.1 Å². The monoisotopic (exact) mass is 424 g/mol. The molecule has 3 nitrogen and oxygen atoms in total. The highest BCUT2D eigenvalue weighted by molar-refractivity contribution is 14.1. The van der Waals surface area contributed by atoms with Crippen molar-refractivity contribution in [3.8, 4) is 0 Å². The average Bonchev–Trinajstić information content (AvgIpc) is 3.36. The Labute approximate surface area is 149 Å². The minimum Gasteiger partial charge on any atom is -0.324 e. The van der Waals surface area contributed by atoms with Crippen molar-refractivity contribution in [3.05, 3.63) is 63.5 Å². The highest BCUT2D eigenvalue weighted by Gasteiger charge is 2.30. The number of hydrogen-bond donors (Lipinski definition) is 1. The quantitative estimate of drug-likeness (QED) is 0.711. The molecule has 0 heterocycles. The third kappa shape index (κ3) is 4.75. The maximum atomic E-state index is 13.0. The molecule has 0 atom stereocenters. The average molecular weight is 424 g/mol. The summed E-state index contributed by atoms with van der Waals surface area (Å²) in [5, 5.41) is 2.97. The van der Waals surface area contributed by atoms with Crippen molar-refractivity contribution in [2.45, 2.75) is 25.4 Å². The maximum absolute atomic E-state index is 13.0. The Morgan fingerprint density at radius 2 is 1.87 bits per heavy atom. The van der Waals surface area contributed by atoms with Crippen molar-refractivity contribution in [3.63, 3.8) is 0 Å². The summed E-state index contributed by atoms with van der Waals surface area (Å²) < 4.78 is 14.0. The summed E-state index contributed by atoms with van der Waals surface area (Å²) in [5.74, 6) is -0.244. The molecule has 23 heavy (non-hydrogen) atoms. The van der Waals surface area contributed by atoms with Crippen LogP contribution < -0.4 is 5.32 Å². The lowest BCUT2D eigenvalue weighted by Gasteiger charge is -2.21. The van der Waals surface area contributed by atoms with Crippen molar-refractivity contribution in [2.24, 2.45) is 0 Å². The molecule has 1 fully saturated rings. The van der Waals surface area contributed by atoms with Crippen LogP contribution >= 0.6 is 22.6 Å². The van der Waals surface area contributed by atoms with Crippen LogP contribution in [0.25, 0.3) is 0 Å². The zero-order valence-electron chi connectivity index (χ0n) is 12.6. The number of hydrogen-bond acceptors (Lipinski definition) is 2. The lowest BCUT2D eigenvalue weighted by atomic mass is 10.2. The molecule has 1 N–H and O–H groups in total. The predicted octanol–water partition coefficient (Wildman–Crippen LogP) is 4.03. The largest absolute Gasteiger partial charge is 0.324 e. The summed E-state index contributed by atoms with van der Waals surface area (Å²) >= 11 is 2.21. The van der Waals surface area contributed by atoms with Crippen molar-refractivity contribution >= 4 is 34.2 Å². The van der Waals surface area contributed by atoms with Crippen LogP contribution in [0.3, 0.4) is 0 Å². The molecule has 0 radical (unpaired) electrons. The summed E-state index contributed by atoms with van der Waals surface area (Å²) in [7, 11) is 0. The van der Waals surface area contributed by atoms with E-state index in [9.17, 15) is 9.18 Å². The Hall–Kier alpha value is -1.47. The van der Waals surface area contributed by atoms with Gasteiger partial charge in [0.2, 0.25) is 5.91 Å². The van der Waals surface area contributed by atoms with Crippen LogP contribution in [0.1, 0.15) is 18.4 Å². The molecule has 1 aliphatic carbocycles. The van der Waals surface area contributed by atoms with Crippen LogP contribution in [0.5, 0.6) is 0 Å². The van der Waals surface area contributed by atoms with E-state index >= 15 is 0 Å². The zero-order chi connectivity index (χ0) is 16.2. The number of rotatable bonds is 6. The van der Waals surface area contributed by atoms with Gasteiger partial charge < -0.3 is 5.32 Å². The summed E-state index contributed by atoms with van der Waals surface area (Å²) in [6.07, 6.45) is 2.24. The molecule has 0 bridgehead atoms. The van der Waals surface area contributed by atoms with E-state index in [1.54, 1.807) is 12.1 Å². The van der Waals surface area contributed by atoms with Crippen LogP contribution in [0.15, 0.2) is 48.5 Å². The summed E-state index contributed by atoms with van der Waals surface area (Å²) in [6, 6.07) is 14.7. The summed E-state index contributed by atoms with van der Waals surface area (Å²) in [6.45, 7) is 1.03. The first-order chi connectivity index (χ1) is 11.1. The molecule has 0 aromatic heterocycles. The van der Waals surface area contributed by atoms with Crippen molar-refractivity contribution in [2.75, 3.05) is 11.9 Å². The van der Waals surface area contributed by atoms with Gasteiger partial charge in [-0.3, -0.25) is 9.69 Å². The molecule has 2 aromatic carbocycles. The predicted molar refractivity (Wildman–Crippen MR) is 97.6 cm³/mol. The fraction of sp³-hybridized carbons (Fsp3) is 0.278. The Morgan fingerprint density at radius 3 is 2.52 bits per heavy atom. The summed E-state index contributed by atoms with van der Waals surface area (Å²) in [4.78, 5) is 14.5. The molecule has 0 saturated heterocycles. The minimum absolute atomic E-state index is 0.0110. The minimum atomic E-state index is -0.233. The van der Waals surface area contributed by atoms with Gasteiger partial charge in [-0.25, -0.2) is 4.39 Å². The lowest BCUT2D eigenvalue weighted by molar-refractivity contribution is -0.117. The van der Waals surface area contributed by atoms with E-state index in [-0.39, 0.29) is 11.7 Å². The molecular formula is C18H18FIN2O. The van der Waals surface area contributed by atoms with E-state index in [0.29, 0.717) is 19.1 Å². The molecule has 5 heteroatoms. The Balaban J connectivity index is 1.62. The summed E-state index contributed by atoms with van der Waals surface area (Å²) in [5.41, 5.74) is 1.87. The van der Waals surface area contributed by atoms with E-state index in [1.807, 2.05) is 24.3 Å². The fourth-order valence-corrected chi connectivity index (χ4v) is 3.04. The third-order valence-corrected chi connectivity index (χ3v) is 4.80. The Kier molecular flexibility index (Phi) is 5.27. The van der Waals surface area contributed by atoms with E-state index in [2.05, 4.69) is 32.8 Å². The highest BCUT2D eigenvalue weighted by Crippen LogP contribution is 2.28. The number of carbonyl (C=O) groups is 1. The first kappa shape index (κ1) is 16.4. The molecule has 1 aliphatic rings. The van der Waals surface area contributed by atoms with E-state index in [4.69, 9.17) is 0 Å². The number of nitrogens with one attached hydrogen (secondary N) is 1. The van der Waals surface area contributed by atoms with Crippen LogP contribution in [-0.4, -0.2) is 23.4 Å². The fourth-order valence-electron chi connectivity index (χ4n) is 2.51. The van der Waals surface area contributed by atoms with Gasteiger partial charge in [0.1, 0.15) is 5.82 Å². The van der Waals surface area contributed by atoms with Gasteiger partial charge in [-0.05, 0) is 65.3 Å². The number of para-hydroxylation sites is 1. The second kappa shape index (κ2) is 7.40. The smallest absolute Gasteiger partial charge is 0.238 e. The standard InChI is InChI=1S/C18H18FIN2O/c19-14-7-5-13(6-8-14)11-22(15-9-10-15)12-18(23)21-17-4-2-1-3-16(17)20/h1-8,15H,9-12H2,(H,21,23). The zero-order valence-corrected chi connectivity index (χ0v) is 14.8.